The number of rotatable bonds is 4. The Morgan fingerprint density at radius 2 is 2.04 bits per heavy atom. The first kappa shape index (κ1) is 16.8. The van der Waals surface area contributed by atoms with Crippen molar-refractivity contribution >= 4 is 17.6 Å². The molecule has 24 heavy (non-hydrogen) atoms. The third-order valence-electron chi connectivity index (χ3n) is 4.35. The molecule has 0 saturated heterocycles. The molecule has 2 aromatic rings. The molecule has 0 atom stereocenters. The molecule has 0 aliphatic carbocycles. The summed E-state index contributed by atoms with van der Waals surface area (Å²) >= 11 is 6.22. The predicted molar refractivity (Wildman–Crippen MR) is 93.9 cm³/mol. The van der Waals surface area contributed by atoms with Crippen molar-refractivity contribution in [1.82, 2.24) is 4.57 Å². The maximum atomic E-state index is 12.8. The van der Waals surface area contributed by atoms with E-state index in [4.69, 9.17) is 16.3 Å². The Balaban J connectivity index is 2.09. The largest absolute Gasteiger partial charge is 0.462 e. The minimum atomic E-state index is -0.358. The highest BCUT2D eigenvalue weighted by Crippen LogP contribution is 2.22. The summed E-state index contributed by atoms with van der Waals surface area (Å²) in [7, 11) is 0. The van der Waals surface area contributed by atoms with Gasteiger partial charge in [-0.1, -0.05) is 29.8 Å². The molecule has 1 aliphatic heterocycles. The summed E-state index contributed by atoms with van der Waals surface area (Å²) in [6.07, 6.45) is 3.07. The Bertz CT molecular complexity index is 826. The van der Waals surface area contributed by atoms with Crippen LogP contribution in [0.15, 0.2) is 35.1 Å². The zero-order valence-electron chi connectivity index (χ0n) is 13.7. The van der Waals surface area contributed by atoms with Crippen molar-refractivity contribution in [2.75, 3.05) is 6.61 Å². The van der Waals surface area contributed by atoms with E-state index in [1.807, 2.05) is 18.2 Å². The van der Waals surface area contributed by atoms with Crippen molar-refractivity contribution in [2.24, 2.45) is 0 Å². The van der Waals surface area contributed by atoms with E-state index < -0.39 is 0 Å². The molecular formula is C19H20ClNO3. The predicted octanol–water partition coefficient (Wildman–Crippen LogP) is 3.61. The number of hydrogen-bond acceptors (Lipinski definition) is 3. The highest BCUT2D eigenvalue weighted by Gasteiger charge is 2.22. The first-order valence-electron chi connectivity index (χ1n) is 8.28. The van der Waals surface area contributed by atoms with Crippen LogP contribution in [-0.2, 0) is 24.1 Å². The number of benzene rings is 1. The lowest BCUT2D eigenvalue weighted by Crippen LogP contribution is -2.32. The van der Waals surface area contributed by atoms with Crippen LogP contribution in [0.2, 0.25) is 5.02 Å². The van der Waals surface area contributed by atoms with Crippen molar-refractivity contribution in [3.8, 4) is 0 Å². The van der Waals surface area contributed by atoms with E-state index in [-0.39, 0.29) is 11.5 Å². The number of nitrogens with zero attached hydrogens (tertiary/aromatic N) is 1. The molecule has 3 rings (SSSR count). The Hall–Kier alpha value is -2.07. The maximum absolute atomic E-state index is 12.8. The van der Waals surface area contributed by atoms with Crippen molar-refractivity contribution in [3.05, 3.63) is 68.1 Å². The Labute approximate surface area is 146 Å². The van der Waals surface area contributed by atoms with Crippen LogP contribution in [0.25, 0.3) is 0 Å². The molecule has 0 amide bonds. The third kappa shape index (κ3) is 3.24. The van der Waals surface area contributed by atoms with Gasteiger partial charge in [-0.25, -0.2) is 4.79 Å². The van der Waals surface area contributed by atoms with Gasteiger partial charge >= 0.3 is 5.97 Å². The van der Waals surface area contributed by atoms with Gasteiger partial charge < -0.3 is 9.30 Å². The van der Waals surface area contributed by atoms with E-state index in [0.29, 0.717) is 35.7 Å². The third-order valence-corrected chi connectivity index (χ3v) is 4.72. The number of esters is 1. The summed E-state index contributed by atoms with van der Waals surface area (Å²) < 4.78 is 6.92. The number of halogens is 1. The molecule has 1 aromatic heterocycles. The van der Waals surface area contributed by atoms with E-state index in [1.54, 1.807) is 23.6 Å². The molecule has 0 spiro atoms. The van der Waals surface area contributed by atoms with Crippen LogP contribution in [-0.4, -0.2) is 17.1 Å². The van der Waals surface area contributed by atoms with Gasteiger partial charge in [0.1, 0.15) is 0 Å². The fourth-order valence-corrected chi connectivity index (χ4v) is 3.39. The van der Waals surface area contributed by atoms with Crippen LogP contribution in [0.5, 0.6) is 0 Å². The maximum Gasteiger partial charge on any atom is 0.339 e. The minimum absolute atomic E-state index is 0.0299. The van der Waals surface area contributed by atoms with Gasteiger partial charge in [0.15, 0.2) is 0 Å². The van der Waals surface area contributed by atoms with Gasteiger partial charge in [0, 0.05) is 29.2 Å². The lowest BCUT2D eigenvalue weighted by molar-refractivity contribution is 0.0523. The number of carbonyl (C=O) groups excluding carboxylic acids is 1. The van der Waals surface area contributed by atoms with Gasteiger partial charge in [0.05, 0.1) is 12.2 Å². The Kier molecular flexibility index (Phi) is 5.05. The first-order valence-corrected chi connectivity index (χ1v) is 8.65. The molecular weight excluding hydrogens is 326 g/mol. The molecule has 1 aliphatic rings. The molecule has 0 saturated carbocycles. The summed E-state index contributed by atoms with van der Waals surface area (Å²) in [6, 6.07) is 9.15. The van der Waals surface area contributed by atoms with Gasteiger partial charge in [-0.15, -0.1) is 0 Å². The SMILES string of the molecule is CCOC(=O)c1cc(Cc2ccccc2Cl)c(=O)n2c1CCCC2. The van der Waals surface area contributed by atoms with E-state index in [2.05, 4.69) is 0 Å². The van der Waals surface area contributed by atoms with Gasteiger partial charge in [-0.05, 0) is 43.9 Å². The quantitative estimate of drug-likeness (QED) is 0.795. The second-order valence-corrected chi connectivity index (χ2v) is 6.34. The fourth-order valence-electron chi connectivity index (χ4n) is 3.19. The van der Waals surface area contributed by atoms with Crippen LogP contribution < -0.4 is 5.56 Å². The summed E-state index contributed by atoms with van der Waals surface area (Å²) in [6.45, 7) is 2.75. The van der Waals surface area contributed by atoms with E-state index in [0.717, 1.165) is 30.5 Å². The number of hydrogen-bond donors (Lipinski definition) is 0. The van der Waals surface area contributed by atoms with Crippen LogP contribution >= 0.6 is 11.6 Å². The van der Waals surface area contributed by atoms with Gasteiger partial charge in [-0.3, -0.25) is 4.79 Å². The number of fused-ring (bicyclic) bond motifs is 1. The second-order valence-electron chi connectivity index (χ2n) is 5.93. The normalized spacial score (nSPS) is 13.4. The average molecular weight is 346 g/mol. The van der Waals surface area contributed by atoms with Crippen LogP contribution in [0.1, 0.15) is 46.9 Å². The lowest BCUT2D eigenvalue weighted by atomic mass is 9.98. The Morgan fingerprint density at radius 3 is 2.79 bits per heavy atom. The van der Waals surface area contributed by atoms with E-state index in [9.17, 15) is 9.59 Å². The van der Waals surface area contributed by atoms with Gasteiger partial charge in [-0.2, -0.15) is 0 Å². The number of pyridine rings is 1. The summed E-state index contributed by atoms with van der Waals surface area (Å²) in [5, 5.41) is 0.623. The first-order chi connectivity index (χ1) is 11.6. The number of ether oxygens (including phenoxy) is 1. The fraction of sp³-hybridized carbons (Fsp3) is 0.368. The molecule has 0 bridgehead atoms. The van der Waals surface area contributed by atoms with Crippen LogP contribution in [0.4, 0.5) is 0 Å². The topological polar surface area (TPSA) is 48.3 Å². The van der Waals surface area contributed by atoms with Crippen molar-refractivity contribution in [2.45, 2.75) is 39.2 Å². The minimum Gasteiger partial charge on any atom is -0.462 e. The van der Waals surface area contributed by atoms with E-state index in [1.165, 1.54) is 0 Å². The molecule has 0 N–H and O–H groups in total. The monoisotopic (exact) mass is 345 g/mol. The average Bonchev–Trinajstić information content (AvgIpc) is 2.59. The molecule has 0 unspecified atom stereocenters. The molecule has 126 valence electrons. The van der Waals surface area contributed by atoms with Crippen molar-refractivity contribution in [3.63, 3.8) is 0 Å². The molecule has 4 nitrogen and oxygen atoms in total. The second kappa shape index (κ2) is 7.22. The molecule has 0 radical (unpaired) electrons. The Morgan fingerprint density at radius 1 is 1.25 bits per heavy atom. The van der Waals surface area contributed by atoms with Crippen LogP contribution in [0.3, 0.4) is 0 Å². The number of carbonyl (C=O) groups is 1. The highest BCUT2D eigenvalue weighted by atomic mass is 35.5. The van der Waals surface area contributed by atoms with Gasteiger partial charge in [0.25, 0.3) is 5.56 Å². The molecule has 2 heterocycles. The van der Waals surface area contributed by atoms with E-state index >= 15 is 0 Å². The standard InChI is InChI=1S/C19H20ClNO3/c1-2-24-19(23)15-12-14(11-13-7-3-4-8-16(13)20)18(22)21-10-6-5-9-17(15)21/h3-4,7-8,12H,2,5-6,9-11H2,1H3. The van der Waals surface area contributed by atoms with Crippen molar-refractivity contribution in [1.29, 1.82) is 0 Å². The van der Waals surface area contributed by atoms with Gasteiger partial charge in [0.2, 0.25) is 0 Å². The molecule has 5 heteroatoms. The summed E-state index contributed by atoms with van der Waals surface area (Å²) in [5.74, 6) is -0.358. The molecule has 0 fully saturated rings. The zero-order chi connectivity index (χ0) is 17.1. The number of aromatic nitrogens is 1. The lowest BCUT2D eigenvalue weighted by Gasteiger charge is -2.22. The smallest absolute Gasteiger partial charge is 0.339 e. The highest BCUT2D eigenvalue weighted by molar-refractivity contribution is 6.31. The summed E-state index contributed by atoms with van der Waals surface area (Å²) in [4.78, 5) is 25.2. The zero-order valence-corrected chi connectivity index (χ0v) is 14.4. The molecule has 1 aromatic carbocycles. The summed E-state index contributed by atoms with van der Waals surface area (Å²) in [5.41, 5.74) is 2.74. The van der Waals surface area contributed by atoms with Crippen molar-refractivity contribution < 1.29 is 9.53 Å². The van der Waals surface area contributed by atoms with Crippen LogP contribution in [0, 0.1) is 0 Å².